The average molecular weight is 215 g/mol. The fraction of sp³-hybridized carbons (Fsp3) is 0.375. The van der Waals surface area contributed by atoms with Gasteiger partial charge in [0, 0.05) is 12.7 Å². The molecule has 1 aromatic heterocycles. The Morgan fingerprint density at radius 1 is 1.57 bits per heavy atom. The van der Waals surface area contributed by atoms with E-state index in [9.17, 15) is 8.42 Å². The molecule has 0 bridgehead atoms. The zero-order chi connectivity index (χ0) is 10.6. The van der Waals surface area contributed by atoms with Gasteiger partial charge in [-0.1, -0.05) is 6.07 Å². The molecule has 1 rings (SSSR count). The molecule has 0 amide bonds. The fourth-order valence-electron chi connectivity index (χ4n) is 0.832. The van der Waals surface area contributed by atoms with Crippen molar-refractivity contribution in [2.24, 2.45) is 5.14 Å². The first-order valence-corrected chi connectivity index (χ1v) is 5.77. The molecule has 3 N–H and O–H groups in total. The number of aromatic nitrogens is 1. The molecule has 0 aromatic carbocycles. The number of rotatable bonds is 4. The fourth-order valence-corrected chi connectivity index (χ4v) is 1.15. The Morgan fingerprint density at radius 3 is 2.79 bits per heavy atom. The van der Waals surface area contributed by atoms with E-state index < -0.39 is 15.3 Å². The van der Waals surface area contributed by atoms with Crippen molar-refractivity contribution in [2.45, 2.75) is 12.2 Å². The second kappa shape index (κ2) is 4.39. The van der Waals surface area contributed by atoms with Crippen molar-refractivity contribution in [1.29, 1.82) is 0 Å². The van der Waals surface area contributed by atoms with Crippen LogP contribution in [0.4, 0.5) is 5.82 Å². The molecule has 14 heavy (non-hydrogen) atoms. The van der Waals surface area contributed by atoms with Crippen molar-refractivity contribution in [3.63, 3.8) is 0 Å². The smallest absolute Gasteiger partial charge is 0.213 e. The van der Waals surface area contributed by atoms with Gasteiger partial charge in [0.25, 0.3) is 0 Å². The van der Waals surface area contributed by atoms with E-state index >= 15 is 0 Å². The van der Waals surface area contributed by atoms with Crippen LogP contribution < -0.4 is 10.5 Å². The summed E-state index contributed by atoms with van der Waals surface area (Å²) in [7, 11) is -3.46. The number of nitrogens with one attached hydrogen (secondary N) is 1. The lowest BCUT2D eigenvalue weighted by Crippen LogP contribution is -2.31. The molecule has 6 heteroatoms. The van der Waals surface area contributed by atoms with Gasteiger partial charge in [-0.15, -0.1) is 0 Å². The maximum absolute atomic E-state index is 10.9. The van der Waals surface area contributed by atoms with Crippen LogP contribution in [0.2, 0.25) is 0 Å². The highest BCUT2D eigenvalue weighted by Crippen LogP contribution is 2.01. The summed E-state index contributed by atoms with van der Waals surface area (Å²) in [4.78, 5) is 3.99. The zero-order valence-corrected chi connectivity index (χ0v) is 8.66. The lowest BCUT2D eigenvalue weighted by atomic mass is 10.4. The van der Waals surface area contributed by atoms with Crippen LogP contribution in [0.1, 0.15) is 6.92 Å². The zero-order valence-electron chi connectivity index (χ0n) is 7.84. The van der Waals surface area contributed by atoms with Crippen LogP contribution in [0.3, 0.4) is 0 Å². The van der Waals surface area contributed by atoms with E-state index in [0.29, 0.717) is 5.82 Å². The number of hydrogen-bond donors (Lipinski definition) is 2. The molecule has 0 spiro atoms. The first-order chi connectivity index (χ1) is 6.50. The van der Waals surface area contributed by atoms with Gasteiger partial charge >= 0.3 is 0 Å². The predicted molar refractivity (Wildman–Crippen MR) is 55.3 cm³/mol. The van der Waals surface area contributed by atoms with E-state index in [-0.39, 0.29) is 6.54 Å². The van der Waals surface area contributed by atoms with E-state index in [0.717, 1.165) is 0 Å². The van der Waals surface area contributed by atoms with Crippen LogP contribution in [0.5, 0.6) is 0 Å². The highest BCUT2D eigenvalue weighted by Gasteiger charge is 2.14. The molecule has 0 saturated carbocycles. The summed E-state index contributed by atoms with van der Waals surface area (Å²) in [5, 5.41) is 7.21. The van der Waals surface area contributed by atoms with Gasteiger partial charge in [0.2, 0.25) is 10.0 Å². The van der Waals surface area contributed by atoms with Gasteiger partial charge in [-0.3, -0.25) is 0 Å². The first-order valence-electron chi connectivity index (χ1n) is 4.16. The number of sulfonamides is 1. The molecule has 78 valence electrons. The lowest BCUT2D eigenvalue weighted by molar-refractivity contribution is 0.587. The Bertz CT molecular complexity index is 377. The molecule has 0 fully saturated rings. The largest absolute Gasteiger partial charge is 0.369 e. The van der Waals surface area contributed by atoms with Crippen molar-refractivity contribution in [3.05, 3.63) is 24.4 Å². The van der Waals surface area contributed by atoms with Crippen molar-refractivity contribution in [3.8, 4) is 0 Å². The van der Waals surface area contributed by atoms with Crippen LogP contribution in [0.25, 0.3) is 0 Å². The SMILES string of the molecule is CC(CNc1ccccn1)S(N)(=O)=O. The molecular weight excluding hydrogens is 202 g/mol. The van der Waals surface area contributed by atoms with Crippen LogP contribution in [0, 0.1) is 0 Å². The summed E-state index contributed by atoms with van der Waals surface area (Å²) in [6.45, 7) is 1.81. The molecule has 0 radical (unpaired) electrons. The number of nitrogens with two attached hydrogens (primary N) is 1. The van der Waals surface area contributed by atoms with E-state index in [2.05, 4.69) is 10.3 Å². The number of pyridine rings is 1. The minimum atomic E-state index is -3.46. The number of primary sulfonamides is 1. The summed E-state index contributed by atoms with van der Waals surface area (Å²) in [6, 6.07) is 5.36. The summed E-state index contributed by atoms with van der Waals surface area (Å²) >= 11 is 0. The van der Waals surface area contributed by atoms with Gasteiger partial charge in [0.15, 0.2) is 0 Å². The number of nitrogens with zero attached hydrogens (tertiary/aromatic N) is 1. The summed E-state index contributed by atoms with van der Waals surface area (Å²) in [6.07, 6.45) is 1.63. The molecule has 0 aliphatic carbocycles. The maximum atomic E-state index is 10.9. The van der Waals surface area contributed by atoms with E-state index in [1.54, 1.807) is 25.3 Å². The molecule has 1 atom stereocenters. The third kappa shape index (κ3) is 3.31. The summed E-state index contributed by atoms with van der Waals surface area (Å²) in [5.41, 5.74) is 0. The van der Waals surface area contributed by atoms with Crippen LogP contribution >= 0.6 is 0 Å². The van der Waals surface area contributed by atoms with Gasteiger partial charge in [-0.25, -0.2) is 18.5 Å². The van der Waals surface area contributed by atoms with E-state index in [1.165, 1.54) is 0 Å². The molecule has 1 heterocycles. The maximum Gasteiger partial charge on any atom is 0.213 e. The highest BCUT2D eigenvalue weighted by molar-refractivity contribution is 7.89. The predicted octanol–water partition coefficient (Wildman–Crippen LogP) is 0.171. The van der Waals surface area contributed by atoms with Gasteiger partial charge in [0.05, 0.1) is 5.25 Å². The monoisotopic (exact) mass is 215 g/mol. The Morgan fingerprint density at radius 2 is 2.29 bits per heavy atom. The third-order valence-electron chi connectivity index (χ3n) is 1.80. The minimum absolute atomic E-state index is 0.260. The normalized spacial score (nSPS) is 13.6. The molecule has 1 unspecified atom stereocenters. The third-order valence-corrected chi connectivity index (χ3v) is 3.08. The molecule has 0 saturated heterocycles. The van der Waals surface area contributed by atoms with Crippen LogP contribution in [-0.2, 0) is 10.0 Å². The lowest BCUT2D eigenvalue weighted by Gasteiger charge is -2.10. The molecule has 0 aliphatic rings. The van der Waals surface area contributed by atoms with Gasteiger partial charge in [0.1, 0.15) is 5.82 Å². The van der Waals surface area contributed by atoms with Crippen molar-refractivity contribution < 1.29 is 8.42 Å². The van der Waals surface area contributed by atoms with Crippen molar-refractivity contribution in [2.75, 3.05) is 11.9 Å². The van der Waals surface area contributed by atoms with Crippen molar-refractivity contribution >= 4 is 15.8 Å². The number of hydrogen-bond acceptors (Lipinski definition) is 4. The van der Waals surface area contributed by atoms with E-state index in [4.69, 9.17) is 5.14 Å². The number of anilines is 1. The summed E-state index contributed by atoms with van der Waals surface area (Å²) in [5.74, 6) is 0.642. The summed E-state index contributed by atoms with van der Waals surface area (Å²) < 4.78 is 21.7. The quantitative estimate of drug-likeness (QED) is 0.749. The van der Waals surface area contributed by atoms with Crippen LogP contribution in [0.15, 0.2) is 24.4 Å². The standard InChI is InChI=1S/C8H13N3O2S/c1-7(14(9,12)13)6-11-8-4-2-3-5-10-8/h2-5,7H,6H2,1H3,(H,10,11)(H2,9,12,13). The molecular formula is C8H13N3O2S. The Kier molecular flexibility index (Phi) is 3.43. The van der Waals surface area contributed by atoms with Gasteiger partial charge in [-0.05, 0) is 19.1 Å². The highest BCUT2D eigenvalue weighted by atomic mass is 32.2. The topological polar surface area (TPSA) is 85.1 Å². The Hall–Kier alpha value is -1.14. The minimum Gasteiger partial charge on any atom is -0.369 e. The first kappa shape index (κ1) is 10.9. The molecule has 1 aromatic rings. The molecule has 0 aliphatic heterocycles. The van der Waals surface area contributed by atoms with Crippen LogP contribution in [-0.4, -0.2) is 25.2 Å². The van der Waals surface area contributed by atoms with Gasteiger partial charge in [-0.2, -0.15) is 0 Å². The second-order valence-electron chi connectivity index (χ2n) is 3.00. The Labute approximate surface area is 83.4 Å². The van der Waals surface area contributed by atoms with Gasteiger partial charge < -0.3 is 5.32 Å². The Balaban J connectivity index is 2.50. The average Bonchev–Trinajstić information content (AvgIpc) is 2.14. The van der Waals surface area contributed by atoms with Crippen molar-refractivity contribution in [1.82, 2.24) is 4.98 Å². The van der Waals surface area contributed by atoms with E-state index in [1.807, 2.05) is 6.07 Å². The molecule has 5 nitrogen and oxygen atoms in total. The second-order valence-corrected chi connectivity index (χ2v) is 4.98.